The van der Waals surface area contributed by atoms with E-state index in [9.17, 15) is 9.90 Å². The van der Waals surface area contributed by atoms with Crippen LogP contribution < -0.4 is 15.4 Å². The number of ether oxygens (including phenoxy) is 1. The summed E-state index contributed by atoms with van der Waals surface area (Å²) < 4.78 is 5.49. The average Bonchev–Trinajstić information content (AvgIpc) is 2.97. The van der Waals surface area contributed by atoms with Gasteiger partial charge in [0, 0.05) is 18.5 Å². The number of carbonyl (C=O) groups excluding carboxylic acids is 1. The van der Waals surface area contributed by atoms with Crippen molar-refractivity contribution < 1.29 is 14.6 Å². The number of nitrogens with zero attached hydrogens (tertiary/aromatic N) is 1. The Labute approximate surface area is 155 Å². The van der Waals surface area contributed by atoms with Crippen LogP contribution in [0, 0.1) is 0 Å². The van der Waals surface area contributed by atoms with Gasteiger partial charge in [0.05, 0.1) is 6.20 Å². The number of aromatic nitrogens is 1. The van der Waals surface area contributed by atoms with Crippen molar-refractivity contribution in [2.75, 3.05) is 18.5 Å². The smallest absolute Gasteiger partial charge is 0.275 e. The summed E-state index contributed by atoms with van der Waals surface area (Å²) in [4.78, 5) is 16.0. The molecule has 1 amide bonds. The second-order valence-corrected chi connectivity index (χ2v) is 8.29. The van der Waals surface area contributed by atoms with Crippen molar-refractivity contribution in [2.24, 2.45) is 0 Å². The van der Waals surface area contributed by atoms with Crippen LogP contribution >= 0.6 is 11.3 Å². The molecule has 25 heavy (non-hydrogen) atoms. The zero-order valence-electron chi connectivity index (χ0n) is 15.9. The first-order valence-electron chi connectivity index (χ1n) is 9.11. The largest absolute Gasteiger partial charge is 0.467 e. The van der Waals surface area contributed by atoms with Crippen molar-refractivity contribution in [3.63, 3.8) is 0 Å². The van der Waals surface area contributed by atoms with Crippen molar-refractivity contribution in [3.8, 4) is 5.19 Å². The molecule has 1 heterocycles. The number of aliphatic hydroxyl groups is 1. The second-order valence-electron chi connectivity index (χ2n) is 7.30. The van der Waals surface area contributed by atoms with Crippen LogP contribution in [0.4, 0.5) is 5.00 Å². The number of nitrogens with one attached hydrogen (secondary N) is 2. The molecular weight excluding hydrogens is 338 g/mol. The van der Waals surface area contributed by atoms with Crippen molar-refractivity contribution >= 4 is 22.2 Å². The molecule has 1 atom stereocenters. The van der Waals surface area contributed by atoms with Crippen LogP contribution in [-0.2, 0) is 4.79 Å². The Kier molecular flexibility index (Phi) is 10.0. The van der Waals surface area contributed by atoms with Gasteiger partial charge in [0.1, 0.15) is 17.7 Å². The van der Waals surface area contributed by atoms with E-state index in [0.717, 1.165) is 12.8 Å². The van der Waals surface area contributed by atoms with Gasteiger partial charge in [0.15, 0.2) is 0 Å². The molecule has 0 aliphatic carbocycles. The highest BCUT2D eigenvalue weighted by molar-refractivity contribution is 7.17. The van der Waals surface area contributed by atoms with Crippen molar-refractivity contribution in [3.05, 3.63) is 6.20 Å². The molecule has 0 fully saturated rings. The summed E-state index contributed by atoms with van der Waals surface area (Å²) in [6.45, 7) is 8.93. The number of aliphatic hydroxyl groups excluding tert-OH is 1. The van der Waals surface area contributed by atoms with Crippen LogP contribution in [0.3, 0.4) is 0 Å². The summed E-state index contributed by atoms with van der Waals surface area (Å²) >= 11 is 1.28. The molecule has 1 aromatic heterocycles. The van der Waals surface area contributed by atoms with Gasteiger partial charge in [-0.3, -0.25) is 4.79 Å². The molecule has 144 valence electrons. The van der Waals surface area contributed by atoms with E-state index in [1.54, 1.807) is 6.20 Å². The molecule has 0 bridgehead atoms. The lowest BCUT2D eigenvalue weighted by Gasteiger charge is -2.22. The van der Waals surface area contributed by atoms with E-state index in [0.29, 0.717) is 23.2 Å². The van der Waals surface area contributed by atoms with Gasteiger partial charge in [0.2, 0.25) is 5.91 Å². The number of carbonyl (C=O) groups is 1. The number of rotatable bonds is 12. The number of hydrogen-bond donors (Lipinski definition) is 3. The van der Waals surface area contributed by atoms with Crippen molar-refractivity contribution in [2.45, 2.75) is 77.9 Å². The molecule has 7 heteroatoms. The minimum atomic E-state index is -0.607. The first kappa shape index (κ1) is 21.9. The summed E-state index contributed by atoms with van der Waals surface area (Å²) in [5, 5.41) is 17.1. The molecular formula is C18H33N3O3S. The van der Waals surface area contributed by atoms with E-state index in [1.165, 1.54) is 30.6 Å². The van der Waals surface area contributed by atoms with Crippen LogP contribution in [0.15, 0.2) is 6.20 Å². The molecule has 1 aromatic rings. The summed E-state index contributed by atoms with van der Waals surface area (Å²) in [6.07, 6.45) is 7.16. The maximum atomic E-state index is 11.9. The van der Waals surface area contributed by atoms with Gasteiger partial charge >= 0.3 is 0 Å². The molecule has 1 rings (SSSR count). The Hall–Kier alpha value is -1.18. The van der Waals surface area contributed by atoms with E-state index >= 15 is 0 Å². The Balaban J connectivity index is 2.23. The van der Waals surface area contributed by atoms with Gasteiger partial charge in [-0.1, -0.05) is 43.9 Å². The summed E-state index contributed by atoms with van der Waals surface area (Å²) in [5.41, 5.74) is -0.0455. The normalized spacial score (nSPS) is 12.8. The lowest BCUT2D eigenvalue weighted by molar-refractivity contribution is -0.116. The van der Waals surface area contributed by atoms with Gasteiger partial charge in [0.25, 0.3) is 5.19 Å². The Bertz CT molecular complexity index is 500. The highest BCUT2D eigenvalue weighted by Crippen LogP contribution is 2.25. The fraction of sp³-hybridized carbons (Fsp3) is 0.778. The minimum absolute atomic E-state index is 0.0149. The maximum absolute atomic E-state index is 11.9. The Morgan fingerprint density at radius 1 is 1.32 bits per heavy atom. The number of hydrogen-bond acceptors (Lipinski definition) is 6. The topological polar surface area (TPSA) is 83.5 Å². The average molecular weight is 372 g/mol. The molecule has 0 spiro atoms. The molecule has 0 aliphatic rings. The van der Waals surface area contributed by atoms with Gasteiger partial charge in [-0.2, -0.15) is 0 Å². The number of anilines is 1. The Morgan fingerprint density at radius 2 is 2.04 bits per heavy atom. The summed E-state index contributed by atoms with van der Waals surface area (Å²) in [6, 6.07) is 0. The summed E-state index contributed by atoms with van der Waals surface area (Å²) in [5.74, 6) is 0.0149. The van der Waals surface area contributed by atoms with E-state index < -0.39 is 6.10 Å². The van der Waals surface area contributed by atoms with Crippen LogP contribution in [0.25, 0.3) is 0 Å². The zero-order valence-corrected chi connectivity index (χ0v) is 16.7. The highest BCUT2D eigenvalue weighted by atomic mass is 32.1. The molecule has 0 saturated carbocycles. The van der Waals surface area contributed by atoms with Crippen molar-refractivity contribution in [1.29, 1.82) is 0 Å². The molecule has 6 nitrogen and oxygen atoms in total. The lowest BCUT2D eigenvalue weighted by Crippen LogP contribution is -2.42. The number of amides is 1. The van der Waals surface area contributed by atoms with Crippen molar-refractivity contribution in [1.82, 2.24) is 10.3 Å². The number of unbranched alkanes of at least 4 members (excludes halogenated alkanes) is 4. The van der Waals surface area contributed by atoms with Gasteiger partial charge in [-0.25, -0.2) is 4.98 Å². The number of thiazole rings is 1. The minimum Gasteiger partial charge on any atom is -0.467 e. The first-order chi connectivity index (χ1) is 11.8. The first-order valence-corrected chi connectivity index (χ1v) is 9.93. The zero-order chi connectivity index (χ0) is 18.7. The third kappa shape index (κ3) is 11.1. The number of β-amino-alcohol motifs (C(OH)–C–C–N with tert-alkyl or cyclic N) is 1. The van der Waals surface area contributed by atoms with Crippen LogP contribution in [0.1, 0.15) is 66.2 Å². The fourth-order valence-corrected chi connectivity index (χ4v) is 2.81. The predicted molar refractivity (Wildman–Crippen MR) is 103 cm³/mol. The summed E-state index contributed by atoms with van der Waals surface area (Å²) in [7, 11) is 0. The molecule has 3 N–H and O–H groups in total. The quantitative estimate of drug-likeness (QED) is 0.489. The molecule has 0 radical (unpaired) electrons. The fourth-order valence-electron chi connectivity index (χ4n) is 2.12. The molecule has 0 aliphatic heterocycles. The SMILES string of the molecule is CCCCCCCC(=O)Nc1cnc(OCC(O)CNC(C)(C)C)s1. The highest BCUT2D eigenvalue weighted by Gasteiger charge is 2.13. The van der Waals surface area contributed by atoms with E-state index in [1.807, 2.05) is 20.8 Å². The standard InChI is InChI=1S/C18H33N3O3S/c1-5-6-7-8-9-10-15(23)21-16-12-19-17(25-16)24-13-14(22)11-20-18(2,3)4/h12,14,20,22H,5-11,13H2,1-4H3,(H,21,23). The van der Waals surface area contributed by atoms with E-state index in [4.69, 9.17) is 4.74 Å². The molecule has 1 unspecified atom stereocenters. The van der Waals surface area contributed by atoms with Gasteiger partial charge < -0.3 is 20.5 Å². The van der Waals surface area contributed by atoms with Crippen LogP contribution in [0.2, 0.25) is 0 Å². The maximum Gasteiger partial charge on any atom is 0.275 e. The monoisotopic (exact) mass is 371 g/mol. The molecule has 0 saturated heterocycles. The van der Waals surface area contributed by atoms with Gasteiger partial charge in [-0.05, 0) is 27.2 Å². The van der Waals surface area contributed by atoms with Gasteiger partial charge in [-0.15, -0.1) is 0 Å². The third-order valence-electron chi connectivity index (χ3n) is 3.52. The predicted octanol–water partition coefficient (Wildman–Crippen LogP) is 3.57. The third-order valence-corrected chi connectivity index (χ3v) is 4.35. The van der Waals surface area contributed by atoms with E-state index in [2.05, 4.69) is 22.5 Å². The lowest BCUT2D eigenvalue weighted by atomic mass is 10.1. The van der Waals surface area contributed by atoms with E-state index in [-0.39, 0.29) is 18.1 Å². The molecule has 0 aromatic carbocycles. The van der Waals surface area contributed by atoms with Crippen LogP contribution in [-0.4, -0.2) is 40.8 Å². The van der Waals surface area contributed by atoms with Crippen LogP contribution in [0.5, 0.6) is 5.19 Å². The second kappa shape index (κ2) is 11.4. The Morgan fingerprint density at radius 3 is 2.72 bits per heavy atom.